The van der Waals surface area contributed by atoms with Crippen molar-refractivity contribution in [2.45, 2.75) is 39.3 Å². The summed E-state index contributed by atoms with van der Waals surface area (Å²) in [6, 6.07) is 12.0. The van der Waals surface area contributed by atoms with E-state index in [4.69, 9.17) is 8.83 Å². The number of hydrogen-bond acceptors (Lipinski definition) is 6. The van der Waals surface area contributed by atoms with Gasteiger partial charge in [-0.25, -0.2) is 9.97 Å². The summed E-state index contributed by atoms with van der Waals surface area (Å²) in [5.41, 5.74) is 0.921. The maximum Gasteiger partial charge on any atom is 0.213 e. The standard InChI is InChI=1S/C22H25N5O2S.HI/c1-22(2,3)18-12-24-19(29-18)13-26-21(23-4)25-11-14-9-10-16(28-14)20-27-15-7-5-6-8-17(15)30-20;/h5-10,12H,11,13H2,1-4H3,(H2,23,25,26);1H. The van der Waals surface area contributed by atoms with Gasteiger partial charge in [0.1, 0.15) is 11.5 Å². The molecule has 3 aromatic heterocycles. The number of benzene rings is 1. The lowest BCUT2D eigenvalue weighted by Gasteiger charge is -2.13. The second-order valence-electron chi connectivity index (χ2n) is 7.90. The first kappa shape index (κ1) is 23.3. The van der Waals surface area contributed by atoms with E-state index in [1.54, 1.807) is 24.6 Å². The fraction of sp³-hybridized carbons (Fsp3) is 0.318. The van der Waals surface area contributed by atoms with Crippen LogP contribution in [0.15, 0.2) is 56.4 Å². The smallest absolute Gasteiger partial charge is 0.213 e. The van der Waals surface area contributed by atoms with E-state index in [2.05, 4.69) is 52.4 Å². The van der Waals surface area contributed by atoms with E-state index in [-0.39, 0.29) is 29.4 Å². The molecule has 2 N–H and O–H groups in total. The van der Waals surface area contributed by atoms with Gasteiger partial charge >= 0.3 is 0 Å². The lowest BCUT2D eigenvalue weighted by molar-refractivity contribution is 0.379. The molecule has 3 heterocycles. The first-order chi connectivity index (χ1) is 14.4. The molecule has 0 saturated heterocycles. The third kappa shape index (κ3) is 5.65. The van der Waals surface area contributed by atoms with Crippen molar-refractivity contribution in [2.24, 2.45) is 4.99 Å². The van der Waals surface area contributed by atoms with Gasteiger partial charge in [0.2, 0.25) is 5.89 Å². The number of para-hydroxylation sites is 1. The molecule has 0 aliphatic carbocycles. The average Bonchev–Trinajstić information content (AvgIpc) is 3.46. The fourth-order valence-electron chi connectivity index (χ4n) is 2.85. The van der Waals surface area contributed by atoms with Crippen molar-refractivity contribution in [1.82, 2.24) is 20.6 Å². The second kappa shape index (κ2) is 9.82. The maximum absolute atomic E-state index is 5.97. The summed E-state index contributed by atoms with van der Waals surface area (Å²) in [6.45, 7) is 7.24. The molecule has 7 nitrogen and oxygen atoms in total. The van der Waals surface area contributed by atoms with Gasteiger partial charge in [0, 0.05) is 12.5 Å². The van der Waals surface area contributed by atoms with Crippen LogP contribution in [0.2, 0.25) is 0 Å². The second-order valence-corrected chi connectivity index (χ2v) is 8.93. The highest BCUT2D eigenvalue weighted by Gasteiger charge is 2.19. The maximum atomic E-state index is 5.97. The van der Waals surface area contributed by atoms with E-state index in [0.717, 1.165) is 32.5 Å². The van der Waals surface area contributed by atoms with Crippen LogP contribution in [-0.4, -0.2) is 23.0 Å². The molecule has 4 rings (SSSR count). The zero-order chi connectivity index (χ0) is 21.1. The number of hydrogen-bond donors (Lipinski definition) is 2. The lowest BCUT2D eigenvalue weighted by Crippen LogP contribution is -2.36. The molecule has 31 heavy (non-hydrogen) atoms. The highest BCUT2D eigenvalue weighted by atomic mass is 127. The van der Waals surface area contributed by atoms with Crippen molar-refractivity contribution < 1.29 is 8.83 Å². The Morgan fingerprint density at radius 2 is 1.84 bits per heavy atom. The molecular formula is C22H26IN5O2S. The average molecular weight is 551 g/mol. The number of nitrogens with zero attached hydrogens (tertiary/aromatic N) is 3. The van der Waals surface area contributed by atoms with Gasteiger partial charge in [-0.3, -0.25) is 4.99 Å². The van der Waals surface area contributed by atoms with Crippen LogP contribution in [0.5, 0.6) is 0 Å². The zero-order valence-electron chi connectivity index (χ0n) is 17.9. The van der Waals surface area contributed by atoms with E-state index < -0.39 is 0 Å². The van der Waals surface area contributed by atoms with Gasteiger partial charge in [-0.1, -0.05) is 32.9 Å². The Bertz CT molecular complexity index is 1140. The van der Waals surface area contributed by atoms with Crippen molar-refractivity contribution in [2.75, 3.05) is 7.05 Å². The molecule has 0 aliphatic heterocycles. The van der Waals surface area contributed by atoms with E-state index in [1.807, 2.05) is 30.3 Å². The highest BCUT2D eigenvalue weighted by Crippen LogP contribution is 2.31. The topological polar surface area (TPSA) is 88.5 Å². The number of halogens is 1. The van der Waals surface area contributed by atoms with E-state index in [9.17, 15) is 0 Å². The Labute approximate surface area is 202 Å². The summed E-state index contributed by atoms with van der Waals surface area (Å²) in [7, 11) is 1.72. The van der Waals surface area contributed by atoms with Gasteiger partial charge in [0.15, 0.2) is 16.7 Å². The molecule has 0 bridgehead atoms. The van der Waals surface area contributed by atoms with Crippen LogP contribution in [0, 0.1) is 0 Å². The Hall–Kier alpha value is -2.40. The molecule has 0 atom stereocenters. The molecular weight excluding hydrogens is 525 g/mol. The molecule has 164 valence electrons. The normalized spacial score (nSPS) is 12.1. The Kier molecular flexibility index (Phi) is 7.37. The predicted octanol–water partition coefficient (Wildman–Crippen LogP) is 5.33. The van der Waals surface area contributed by atoms with Crippen LogP contribution >= 0.6 is 35.3 Å². The summed E-state index contributed by atoms with van der Waals surface area (Å²) < 4.78 is 12.9. The minimum atomic E-state index is -0.0640. The van der Waals surface area contributed by atoms with Crippen LogP contribution in [-0.2, 0) is 18.5 Å². The number of fused-ring (bicyclic) bond motifs is 1. The SMILES string of the molecule is CN=C(NCc1ccc(-c2nc3ccccc3s2)o1)NCc1ncc(C(C)(C)C)o1.I. The largest absolute Gasteiger partial charge is 0.457 e. The molecule has 0 saturated carbocycles. The summed E-state index contributed by atoms with van der Waals surface area (Å²) >= 11 is 1.62. The van der Waals surface area contributed by atoms with E-state index in [0.29, 0.717) is 24.9 Å². The Balaban J connectivity index is 0.00000272. The van der Waals surface area contributed by atoms with E-state index in [1.165, 1.54) is 0 Å². The quantitative estimate of drug-likeness (QED) is 0.198. The van der Waals surface area contributed by atoms with Crippen molar-refractivity contribution >= 4 is 51.5 Å². The van der Waals surface area contributed by atoms with Crippen LogP contribution in [0.25, 0.3) is 21.0 Å². The third-order valence-electron chi connectivity index (χ3n) is 4.52. The number of aliphatic imine (C=N–C) groups is 1. The van der Waals surface area contributed by atoms with Gasteiger partial charge in [-0.15, -0.1) is 35.3 Å². The summed E-state index contributed by atoms with van der Waals surface area (Å²) in [4.78, 5) is 13.2. The van der Waals surface area contributed by atoms with Crippen LogP contribution in [0.1, 0.15) is 38.2 Å². The molecule has 0 fully saturated rings. The molecule has 0 spiro atoms. The molecule has 0 unspecified atom stereocenters. The number of oxazole rings is 1. The van der Waals surface area contributed by atoms with Crippen molar-refractivity contribution in [3.63, 3.8) is 0 Å². The highest BCUT2D eigenvalue weighted by molar-refractivity contribution is 14.0. The fourth-order valence-corrected chi connectivity index (χ4v) is 3.78. The Morgan fingerprint density at radius 3 is 2.55 bits per heavy atom. The molecule has 4 aromatic rings. The minimum absolute atomic E-state index is 0. The Morgan fingerprint density at radius 1 is 1.06 bits per heavy atom. The van der Waals surface area contributed by atoms with Crippen LogP contribution in [0.4, 0.5) is 0 Å². The van der Waals surface area contributed by atoms with Gasteiger partial charge in [0.25, 0.3) is 0 Å². The number of nitrogens with one attached hydrogen (secondary N) is 2. The minimum Gasteiger partial charge on any atom is -0.457 e. The molecule has 1 aromatic carbocycles. The zero-order valence-corrected chi connectivity index (χ0v) is 21.1. The first-order valence-corrected chi connectivity index (χ1v) is 10.6. The van der Waals surface area contributed by atoms with Crippen molar-refractivity contribution in [3.05, 3.63) is 60.0 Å². The monoisotopic (exact) mass is 551 g/mol. The number of furan rings is 1. The molecule has 0 radical (unpaired) electrons. The summed E-state index contributed by atoms with van der Waals surface area (Å²) in [5.74, 6) is 3.70. The van der Waals surface area contributed by atoms with Gasteiger partial charge in [0.05, 0.1) is 29.5 Å². The lowest BCUT2D eigenvalue weighted by atomic mass is 9.94. The number of aromatic nitrogens is 2. The number of thiazole rings is 1. The predicted molar refractivity (Wildman–Crippen MR) is 135 cm³/mol. The third-order valence-corrected chi connectivity index (χ3v) is 5.57. The van der Waals surface area contributed by atoms with Gasteiger partial charge in [-0.2, -0.15) is 0 Å². The molecule has 0 amide bonds. The first-order valence-electron chi connectivity index (χ1n) is 9.77. The van der Waals surface area contributed by atoms with E-state index >= 15 is 0 Å². The number of guanidine groups is 1. The van der Waals surface area contributed by atoms with Gasteiger partial charge in [-0.05, 0) is 24.3 Å². The van der Waals surface area contributed by atoms with Crippen LogP contribution < -0.4 is 10.6 Å². The number of rotatable bonds is 5. The van der Waals surface area contributed by atoms with Crippen molar-refractivity contribution in [1.29, 1.82) is 0 Å². The van der Waals surface area contributed by atoms with Crippen molar-refractivity contribution in [3.8, 4) is 10.8 Å². The summed E-state index contributed by atoms with van der Waals surface area (Å²) in [5, 5.41) is 7.33. The molecule has 9 heteroatoms. The van der Waals surface area contributed by atoms with Crippen LogP contribution in [0.3, 0.4) is 0 Å². The van der Waals surface area contributed by atoms with Gasteiger partial charge < -0.3 is 19.5 Å². The molecule has 0 aliphatic rings. The summed E-state index contributed by atoms with van der Waals surface area (Å²) in [6.07, 6.45) is 1.78.